The van der Waals surface area contributed by atoms with Crippen LogP contribution in [0.5, 0.6) is 23.0 Å². The molecule has 4 heterocycles. The Bertz CT molecular complexity index is 3120. The summed E-state index contributed by atoms with van der Waals surface area (Å²) < 4.78 is 87.8. The molecule has 8 rings (SSSR count). The molecule has 2 N–H and O–H groups in total. The first-order valence-corrected chi connectivity index (χ1v) is 30.3. The number of ether oxygens (including phenoxy) is 6. The van der Waals surface area contributed by atoms with Gasteiger partial charge in [0.2, 0.25) is 26.0 Å². The molecule has 4 aromatic rings. The van der Waals surface area contributed by atoms with E-state index in [1.54, 1.807) is 46.4 Å². The number of aliphatic carboxylic acids is 1. The number of anilines is 2. The van der Waals surface area contributed by atoms with Gasteiger partial charge in [-0.15, -0.1) is 0 Å². The van der Waals surface area contributed by atoms with Crippen molar-refractivity contribution in [3.05, 3.63) is 96.1 Å². The van der Waals surface area contributed by atoms with E-state index in [-0.39, 0.29) is 66.5 Å². The van der Waals surface area contributed by atoms with Crippen LogP contribution in [0.15, 0.2) is 94.7 Å². The Morgan fingerprint density at radius 2 is 0.867 bits per heavy atom. The van der Waals surface area contributed by atoms with Crippen LogP contribution in [-0.4, -0.2) is 213 Å². The second kappa shape index (κ2) is 28.0. The summed E-state index contributed by atoms with van der Waals surface area (Å²) in [5.74, 6) is -0.505. The van der Waals surface area contributed by atoms with E-state index in [9.17, 15) is 41.1 Å². The molecule has 4 aromatic carbocycles. The maximum Gasteiger partial charge on any atom is 0.410 e. The highest BCUT2D eigenvalue weighted by molar-refractivity contribution is 7.89. The summed E-state index contributed by atoms with van der Waals surface area (Å²) in [7, 11) is -2.61. The summed E-state index contributed by atoms with van der Waals surface area (Å²) in [6.45, 7) is 20.6. The fourth-order valence-electron chi connectivity index (χ4n) is 9.84. The van der Waals surface area contributed by atoms with Crippen LogP contribution in [0.1, 0.15) is 52.7 Å². The van der Waals surface area contributed by atoms with Crippen LogP contribution in [0, 0.1) is 13.8 Å². The highest BCUT2D eigenvalue weighted by Gasteiger charge is 2.45. The van der Waals surface area contributed by atoms with Gasteiger partial charge in [0.1, 0.15) is 23.3 Å². The van der Waals surface area contributed by atoms with Crippen LogP contribution >= 0.6 is 0 Å². The van der Waals surface area contributed by atoms with Crippen molar-refractivity contribution in [1.82, 2.24) is 28.6 Å². The molecule has 83 heavy (non-hydrogen) atoms. The molecule has 4 saturated heterocycles. The Labute approximate surface area is 489 Å². The number of rotatable bonds is 12. The molecule has 456 valence electrons. The molecule has 0 aliphatic carbocycles. The number of carbonyl (C=O) groups excluding carboxylic acids is 3. The molecular weight excluding hydrogens is 1110 g/mol. The molecule has 4 aliphatic rings. The van der Waals surface area contributed by atoms with Gasteiger partial charge in [-0.2, -0.15) is 8.61 Å². The van der Waals surface area contributed by atoms with E-state index in [0.29, 0.717) is 37.7 Å². The Balaban J connectivity index is 0.000000227. The molecule has 23 nitrogen and oxygen atoms in total. The van der Waals surface area contributed by atoms with Crippen LogP contribution in [0.2, 0.25) is 0 Å². The largest absolute Gasteiger partial charge is 0.493 e. The SMILES string of the molecule is COc1ccc(S(=O)(=O)N2CCN(C(=O)OC(C)(C)C)CC2C(=O)N2CCN(c3ccccc3C)CC2)cc1OC.COc1ccc(S(=O)(=O)N2CCN(C(=O)OC(C)(C)C)CC2C(=O)O)cc1OC.Cc1ccccc1N1CCNCC1. The van der Waals surface area contributed by atoms with E-state index in [0.717, 1.165) is 41.7 Å². The van der Waals surface area contributed by atoms with Gasteiger partial charge in [0, 0.05) is 109 Å². The lowest BCUT2D eigenvalue weighted by molar-refractivity contribution is -0.143. The van der Waals surface area contributed by atoms with Crippen molar-refractivity contribution >= 4 is 55.5 Å². The summed E-state index contributed by atoms with van der Waals surface area (Å²) in [6, 6.07) is 22.5. The average molecular weight is 1200 g/mol. The van der Waals surface area contributed by atoms with Gasteiger partial charge >= 0.3 is 18.2 Å². The van der Waals surface area contributed by atoms with Crippen molar-refractivity contribution < 1.29 is 69.5 Å². The van der Waals surface area contributed by atoms with Gasteiger partial charge in [0.15, 0.2) is 23.0 Å². The Kier molecular flexibility index (Phi) is 22.0. The minimum absolute atomic E-state index is 0.00517. The number of carbonyl (C=O) groups is 4. The number of methoxy groups -OCH3 is 4. The smallest absolute Gasteiger partial charge is 0.410 e. The first-order chi connectivity index (χ1) is 39.1. The first-order valence-electron chi connectivity index (χ1n) is 27.4. The number of para-hydroxylation sites is 2. The van der Waals surface area contributed by atoms with Crippen molar-refractivity contribution in [3.8, 4) is 23.0 Å². The number of nitrogens with one attached hydrogen (secondary N) is 1. The van der Waals surface area contributed by atoms with E-state index in [1.807, 2.05) is 12.1 Å². The highest BCUT2D eigenvalue weighted by Crippen LogP contribution is 2.34. The zero-order valence-electron chi connectivity index (χ0n) is 49.7. The van der Waals surface area contributed by atoms with Crippen LogP contribution in [0.3, 0.4) is 0 Å². The zero-order chi connectivity index (χ0) is 61.0. The molecule has 0 radical (unpaired) electrons. The number of hydrogen-bond acceptors (Lipinski definition) is 17. The predicted molar refractivity (Wildman–Crippen MR) is 314 cm³/mol. The topological polar surface area (TPSA) is 247 Å². The first kappa shape index (κ1) is 65.1. The summed E-state index contributed by atoms with van der Waals surface area (Å²) in [4.78, 5) is 59.8. The summed E-state index contributed by atoms with van der Waals surface area (Å²) in [5.41, 5.74) is 3.56. The number of hydrogen-bond donors (Lipinski definition) is 2. The molecule has 4 aliphatic heterocycles. The number of nitrogens with zero attached hydrogens (tertiary/aromatic N) is 7. The normalized spacial score (nSPS) is 18.3. The minimum Gasteiger partial charge on any atom is -0.493 e. The molecule has 4 fully saturated rings. The van der Waals surface area contributed by atoms with Gasteiger partial charge in [0.25, 0.3) is 0 Å². The molecular formula is C58H82N8O15S2. The van der Waals surface area contributed by atoms with E-state index >= 15 is 0 Å². The average Bonchev–Trinajstić information content (AvgIpc) is 3.16. The van der Waals surface area contributed by atoms with Crippen LogP contribution in [0.4, 0.5) is 21.0 Å². The van der Waals surface area contributed by atoms with Gasteiger partial charge in [-0.3, -0.25) is 9.59 Å². The zero-order valence-corrected chi connectivity index (χ0v) is 51.4. The lowest BCUT2D eigenvalue weighted by atomic mass is 10.1. The Morgan fingerprint density at radius 1 is 0.494 bits per heavy atom. The van der Waals surface area contributed by atoms with Gasteiger partial charge < -0.3 is 63.3 Å². The van der Waals surface area contributed by atoms with Gasteiger partial charge in [0.05, 0.1) is 44.8 Å². The molecule has 3 amide bonds. The summed E-state index contributed by atoms with van der Waals surface area (Å²) in [5, 5.41) is 13.0. The van der Waals surface area contributed by atoms with Crippen LogP contribution < -0.4 is 34.1 Å². The lowest BCUT2D eigenvalue weighted by Crippen LogP contribution is -2.63. The quantitative estimate of drug-likeness (QED) is 0.171. The van der Waals surface area contributed by atoms with Gasteiger partial charge in [-0.05, 0) is 103 Å². The van der Waals surface area contributed by atoms with Crippen LogP contribution in [0.25, 0.3) is 0 Å². The lowest BCUT2D eigenvalue weighted by Gasteiger charge is -2.43. The molecule has 0 saturated carbocycles. The van der Waals surface area contributed by atoms with E-state index in [4.69, 9.17) is 28.4 Å². The van der Waals surface area contributed by atoms with Crippen molar-refractivity contribution in [2.45, 2.75) is 88.5 Å². The predicted octanol–water partition coefficient (Wildman–Crippen LogP) is 5.77. The third-order valence-corrected chi connectivity index (χ3v) is 17.9. The summed E-state index contributed by atoms with van der Waals surface area (Å²) in [6.07, 6.45) is -1.27. The van der Waals surface area contributed by atoms with Crippen molar-refractivity contribution in [3.63, 3.8) is 0 Å². The maximum absolute atomic E-state index is 14.0. The standard InChI is InChI=1S/C29H40N4O7S.C18H26N2O8S.C11H16N2/c1-21-9-7-8-10-23(21)30-13-15-31(16-14-30)27(34)24-20-32(28(35)40-29(2,3)4)17-18-33(24)41(36,37)22-11-12-25(38-5)26(19-22)39-6;1-18(2,3)28-17(23)19-8-9-20(13(11-19)16(21)22)29(24,25)12-6-7-14(26-4)15(10-12)27-5;1-10-4-2-3-5-11(10)13-8-6-12-7-9-13/h7-12,19,24H,13-18,20H2,1-6H3;6-7,10,13H,8-9,11H2,1-5H3,(H,21,22);2-5,12H,6-9H2,1H3. The third-order valence-electron chi connectivity index (χ3n) is 14.1. The number of benzene rings is 4. The van der Waals surface area contributed by atoms with Gasteiger partial charge in [-0.25, -0.2) is 26.4 Å². The third kappa shape index (κ3) is 16.6. The van der Waals surface area contributed by atoms with Crippen LogP contribution in [-0.2, 0) is 39.1 Å². The van der Waals surface area contributed by atoms with Crippen molar-refractivity contribution in [2.75, 3.05) is 130 Å². The highest BCUT2D eigenvalue weighted by atomic mass is 32.2. The van der Waals surface area contributed by atoms with E-state index < -0.39 is 61.5 Å². The fraction of sp³-hybridized carbons (Fsp3) is 0.517. The number of sulfonamides is 2. The fourth-order valence-corrected chi connectivity index (χ4v) is 13.0. The second-order valence-electron chi connectivity index (χ2n) is 22.1. The van der Waals surface area contributed by atoms with E-state index in [1.165, 1.54) is 90.2 Å². The molecule has 0 bridgehead atoms. The number of carboxylic acids is 1. The Hall–Kier alpha value is -7.06. The van der Waals surface area contributed by atoms with Crippen molar-refractivity contribution in [1.29, 1.82) is 0 Å². The second-order valence-corrected chi connectivity index (χ2v) is 25.9. The minimum atomic E-state index is -4.16. The summed E-state index contributed by atoms with van der Waals surface area (Å²) >= 11 is 0. The molecule has 25 heteroatoms. The molecule has 2 atom stereocenters. The number of amides is 3. The van der Waals surface area contributed by atoms with Crippen molar-refractivity contribution in [2.24, 2.45) is 0 Å². The van der Waals surface area contributed by atoms with E-state index in [2.05, 4.69) is 65.4 Å². The molecule has 2 unspecified atom stereocenters. The Morgan fingerprint density at radius 3 is 1.25 bits per heavy atom. The monoisotopic (exact) mass is 1190 g/mol. The number of carboxylic acid groups (broad SMARTS) is 1. The maximum atomic E-state index is 14.0. The molecule has 0 aromatic heterocycles. The number of aryl methyl sites for hydroxylation is 2. The van der Waals surface area contributed by atoms with Gasteiger partial charge in [-0.1, -0.05) is 36.4 Å². The molecule has 0 spiro atoms. The number of piperazine rings is 4.